The van der Waals surface area contributed by atoms with Crippen molar-refractivity contribution >= 4 is 113 Å². The number of aliphatic carboxylic acids is 2. The summed E-state index contributed by atoms with van der Waals surface area (Å²) in [5.74, 6) is -5.09. The molecule has 23 heteroatoms. The Morgan fingerprint density at radius 3 is 1.33 bits per heavy atom. The molecule has 4 aromatic carbocycles. The fourth-order valence-electron chi connectivity index (χ4n) is 6.21. The Hall–Kier alpha value is -5.56. The van der Waals surface area contributed by atoms with Gasteiger partial charge >= 0.3 is 41.5 Å². The van der Waals surface area contributed by atoms with Gasteiger partial charge in [0, 0.05) is 46.0 Å². The standard InChI is InChI=1S/C40H32N4O14S4.Na/c45-33(46)19-59-17-23-13-29(37(49)35-27(23)3-1-11-41-35)39(51)43-25-9-7-21(31(15-25)61(53,54)55)5-6-22-8-10-26(16-32(22)62(56,57)58)44-40(52)30-14-24(18-60-20-34(47)48)28-4-2-12-42-36(28)38(30)50;/h1-16,49-50H,17-20H2,(H,43,51)(H,44,52)(H,45,46)(H,47,48)(H,53,54,55)(H,56,57,58);/q;+1/b6-5+;. The number of carboxylic acids is 2. The molecule has 6 rings (SSSR count). The Morgan fingerprint density at radius 2 is 0.984 bits per heavy atom. The van der Waals surface area contributed by atoms with Crippen molar-refractivity contribution in [3.05, 3.63) is 119 Å². The zero-order valence-corrected chi connectivity index (χ0v) is 37.8. The van der Waals surface area contributed by atoms with E-state index in [2.05, 4.69) is 20.6 Å². The number of benzene rings is 4. The molecule has 63 heavy (non-hydrogen) atoms. The summed E-state index contributed by atoms with van der Waals surface area (Å²) in [6.45, 7) is 0. The van der Waals surface area contributed by atoms with E-state index in [4.69, 9.17) is 10.2 Å². The number of rotatable bonds is 16. The van der Waals surface area contributed by atoms with Crippen LogP contribution in [0.25, 0.3) is 34.0 Å². The van der Waals surface area contributed by atoms with Crippen molar-refractivity contribution < 1.29 is 95.1 Å². The number of aromatic nitrogens is 2. The molecule has 18 nitrogen and oxygen atoms in total. The van der Waals surface area contributed by atoms with Crippen LogP contribution in [-0.2, 0) is 41.3 Å². The summed E-state index contributed by atoms with van der Waals surface area (Å²) in [5, 5.41) is 45.9. The number of carbonyl (C=O) groups excluding carboxylic acids is 2. The molecule has 2 aromatic heterocycles. The number of anilines is 2. The van der Waals surface area contributed by atoms with Crippen molar-refractivity contribution in [1.82, 2.24) is 9.97 Å². The summed E-state index contributed by atoms with van der Waals surface area (Å²) in [7, 11) is -10.0. The minimum absolute atomic E-state index is 0. The second kappa shape index (κ2) is 20.3. The van der Waals surface area contributed by atoms with E-state index in [0.29, 0.717) is 21.9 Å². The van der Waals surface area contributed by atoms with Gasteiger partial charge in [0.2, 0.25) is 0 Å². The molecule has 8 N–H and O–H groups in total. The van der Waals surface area contributed by atoms with Crippen LogP contribution in [0.5, 0.6) is 11.5 Å². The number of amides is 2. The number of fused-ring (bicyclic) bond motifs is 2. The van der Waals surface area contributed by atoms with E-state index in [-0.39, 0.29) is 97.2 Å². The van der Waals surface area contributed by atoms with Crippen LogP contribution >= 0.6 is 23.5 Å². The Kier molecular flexibility index (Phi) is 15.6. The maximum absolute atomic E-state index is 13.5. The van der Waals surface area contributed by atoms with E-state index in [0.717, 1.165) is 47.8 Å². The van der Waals surface area contributed by atoms with Crippen LogP contribution in [-0.4, -0.2) is 91.6 Å². The zero-order valence-electron chi connectivity index (χ0n) is 32.5. The molecule has 0 saturated heterocycles. The van der Waals surface area contributed by atoms with Crippen LogP contribution in [0.1, 0.15) is 43.0 Å². The first-order valence-corrected chi connectivity index (χ1v) is 22.8. The van der Waals surface area contributed by atoms with Gasteiger partial charge in [-0.1, -0.05) is 36.4 Å². The molecule has 2 heterocycles. The van der Waals surface area contributed by atoms with Crippen molar-refractivity contribution in [3.63, 3.8) is 0 Å². The number of hydrogen-bond donors (Lipinski definition) is 8. The van der Waals surface area contributed by atoms with E-state index < -0.39 is 65.3 Å². The quantitative estimate of drug-likeness (QED) is 0.0393. The third-order valence-electron chi connectivity index (χ3n) is 8.90. The Balaban J connectivity index is 0.00000748. The predicted molar refractivity (Wildman–Crippen MR) is 232 cm³/mol. The number of phenols is 2. The van der Waals surface area contributed by atoms with Gasteiger partial charge in [-0.3, -0.25) is 38.3 Å². The first-order valence-electron chi connectivity index (χ1n) is 17.6. The van der Waals surface area contributed by atoms with Crippen molar-refractivity contribution in [3.8, 4) is 11.5 Å². The molecule has 0 aliphatic carbocycles. The van der Waals surface area contributed by atoms with Crippen LogP contribution < -0.4 is 40.2 Å². The average molecular weight is 944 g/mol. The van der Waals surface area contributed by atoms with Gasteiger partial charge in [0.05, 0.1) is 22.6 Å². The molecule has 0 radical (unpaired) electrons. The number of nitrogens with one attached hydrogen (secondary N) is 2. The van der Waals surface area contributed by atoms with Gasteiger partial charge in [0.1, 0.15) is 20.8 Å². The summed E-state index contributed by atoms with van der Waals surface area (Å²) >= 11 is 2.09. The Labute approximate surface area is 388 Å². The average Bonchev–Trinajstić information content (AvgIpc) is 3.21. The predicted octanol–water partition coefficient (Wildman–Crippen LogP) is 3.00. The SMILES string of the molecule is O=C(O)CSCc1cc(C(=O)Nc2ccc(/C=C/c3ccc(NC(=O)c4cc(CSCC(=O)O)c5cccnc5c4O)cc3S(=O)(=O)O)c(S(=O)(=O)O)c2)c(O)c2ncccc12.[Na+]. The molecule has 0 fully saturated rings. The molecule has 0 bridgehead atoms. The largest absolute Gasteiger partial charge is 1.00 e. The summed E-state index contributed by atoms with van der Waals surface area (Å²) in [5.41, 5.74) is -0.128. The summed E-state index contributed by atoms with van der Waals surface area (Å²) in [4.78, 5) is 55.9. The fraction of sp³-hybridized carbons (Fsp3) is 0.100. The molecular weight excluding hydrogens is 912 g/mol. The van der Waals surface area contributed by atoms with Gasteiger partial charge in [-0.2, -0.15) is 16.8 Å². The molecule has 0 saturated carbocycles. The maximum atomic E-state index is 13.5. The smallest absolute Gasteiger partial charge is 0.505 e. The van der Waals surface area contributed by atoms with Crippen molar-refractivity contribution in [2.75, 3.05) is 22.1 Å². The number of pyridine rings is 2. The van der Waals surface area contributed by atoms with Gasteiger partial charge in [-0.05, 0) is 70.8 Å². The minimum Gasteiger partial charge on any atom is -0.505 e. The number of phenolic OH excluding ortho intramolecular Hbond substituents is 2. The second-order valence-electron chi connectivity index (χ2n) is 13.1. The molecule has 6 aromatic rings. The molecule has 320 valence electrons. The fourth-order valence-corrected chi connectivity index (χ4v) is 9.10. The molecule has 0 aliphatic rings. The van der Waals surface area contributed by atoms with Crippen LogP contribution in [0, 0.1) is 0 Å². The van der Waals surface area contributed by atoms with Crippen molar-refractivity contribution in [2.24, 2.45) is 0 Å². The first kappa shape index (κ1) is 48.5. The van der Waals surface area contributed by atoms with Crippen LogP contribution in [0.2, 0.25) is 0 Å². The van der Waals surface area contributed by atoms with Gasteiger partial charge < -0.3 is 31.1 Å². The molecule has 0 atom stereocenters. The third-order valence-corrected chi connectivity index (χ3v) is 12.7. The van der Waals surface area contributed by atoms with Crippen LogP contribution in [0.15, 0.2) is 95.0 Å². The third kappa shape index (κ3) is 11.7. The van der Waals surface area contributed by atoms with Gasteiger partial charge in [0.15, 0.2) is 11.5 Å². The molecule has 0 aliphatic heterocycles. The Bertz CT molecular complexity index is 2870. The number of thioether (sulfide) groups is 2. The van der Waals surface area contributed by atoms with E-state index in [1.165, 1.54) is 48.8 Å². The molecule has 2 amide bonds. The number of aromatic hydroxyl groups is 2. The van der Waals surface area contributed by atoms with E-state index in [9.17, 15) is 55.3 Å². The van der Waals surface area contributed by atoms with E-state index in [1.807, 2.05) is 0 Å². The van der Waals surface area contributed by atoms with Crippen LogP contribution in [0.4, 0.5) is 11.4 Å². The molecule has 0 spiro atoms. The van der Waals surface area contributed by atoms with Crippen LogP contribution in [0.3, 0.4) is 0 Å². The molecule has 0 unspecified atom stereocenters. The first-order chi connectivity index (χ1) is 29.3. The number of hydrogen-bond acceptors (Lipinski definition) is 14. The van der Waals surface area contributed by atoms with E-state index in [1.54, 1.807) is 24.3 Å². The molecular formula is C40H32N4NaO14S4+. The van der Waals surface area contributed by atoms with E-state index >= 15 is 0 Å². The topological polar surface area (TPSA) is 308 Å². The normalized spacial score (nSPS) is 11.7. The minimum atomic E-state index is -5.02. The summed E-state index contributed by atoms with van der Waals surface area (Å²) in [6, 6.07) is 15.8. The second-order valence-corrected chi connectivity index (χ2v) is 17.9. The monoisotopic (exact) mass is 943 g/mol. The van der Waals surface area contributed by atoms with Gasteiger partial charge in [-0.25, -0.2) is 0 Å². The summed E-state index contributed by atoms with van der Waals surface area (Å²) in [6.07, 6.45) is 4.97. The Morgan fingerprint density at radius 1 is 0.603 bits per heavy atom. The summed E-state index contributed by atoms with van der Waals surface area (Å²) < 4.78 is 70.5. The van der Waals surface area contributed by atoms with Gasteiger partial charge in [0.25, 0.3) is 32.1 Å². The number of carbonyl (C=O) groups is 4. The number of nitrogens with zero attached hydrogens (tertiary/aromatic N) is 2. The van der Waals surface area contributed by atoms with Crippen molar-refractivity contribution in [1.29, 1.82) is 0 Å². The van der Waals surface area contributed by atoms with Crippen molar-refractivity contribution in [2.45, 2.75) is 21.3 Å². The van der Waals surface area contributed by atoms with Gasteiger partial charge in [-0.15, -0.1) is 23.5 Å². The number of carboxylic acid groups (broad SMARTS) is 2. The maximum Gasteiger partial charge on any atom is 1.00 e. The zero-order chi connectivity index (χ0) is 44.9.